The van der Waals surface area contributed by atoms with Gasteiger partial charge in [-0.15, -0.1) is 0 Å². The lowest BCUT2D eigenvalue weighted by molar-refractivity contribution is 0.432. The van der Waals surface area contributed by atoms with E-state index in [-0.39, 0.29) is 0 Å². The topological polar surface area (TPSA) is 75.6 Å². The van der Waals surface area contributed by atoms with Gasteiger partial charge in [-0.05, 0) is 24.3 Å². The van der Waals surface area contributed by atoms with Crippen LogP contribution in [0, 0.1) is 11.3 Å². The van der Waals surface area contributed by atoms with Crippen molar-refractivity contribution in [3.05, 3.63) is 53.3 Å². The maximum atomic E-state index is 8.83. The first kappa shape index (κ1) is 12.3. The van der Waals surface area contributed by atoms with Crippen molar-refractivity contribution in [2.24, 2.45) is 0 Å². The average molecular weight is 283 g/mol. The summed E-state index contributed by atoms with van der Waals surface area (Å²) in [5, 5.41) is 13.3. The molecule has 1 aromatic carbocycles. The molecule has 0 fully saturated rings. The predicted octanol–water partition coefficient (Wildman–Crippen LogP) is 3.32. The van der Waals surface area contributed by atoms with Gasteiger partial charge < -0.3 is 4.52 Å². The first-order chi connectivity index (χ1) is 9.78. The molecule has 0 atom stereocenters. The molecule has 0 amide bonds. The quantitative estimate of drug-likeness (QED) is 0.720. The van der Waals surface area contributed by atoms with E-state index in [0.717, 1.165) is 0 Å². The molecule has 96 valence electrons. The molecule has 2 heterocycles. The van der Waals surface area contributed by atoms with E-state index < -0.39 is 0 Å². The Hall–Kier alpha value is -2.71. The Labute approximate surface area is 119 Å². The van der Waals surface area contributed by atoms with Crippen molar-refractivity contribution >= 4 is 11.6 Å². The monoisotopic (exact) mass is 282 g/mol. The van der Waals surface area contributed by atoms with E-state index in [0.29, 0.717) is 33.6 Å². The molecule has 0 bridgehead atoms. The molecule has 3 rings (SSSR count). The van der Waals surface area contributed by atoms with Gasteiger partial charge >= 0.3 is 0 Å². The van der Waals surface area contributed by atoms with Crippen LogP contribution < -0.4 is 0 Å². The van der Waals surface area contributed by atoms with Gasteiger partial charge in [-0.2, -0.15) is 10.2 Å². The van der Waals surface area contributed by atoms with Gasteiger partial charge in [-0.25, -0.2) is 4.98 Å². The Balaban J connectivity index is 2.02. The third kappa shape index (κ3) is 2.25. The second-order valence-electron chi connectivity index (χ2n) is 3.94. The molecule has 0 aliphatic carbocycles. The molecule has 0 N–H and O–H groups in total. The molecule has 20 heavy (non-hydrogen) atoms. The van der Waals surface area contributed by atoms with Crippen LogP contribution in [-0.2, 0) is 0 Å². The van der Waals surface area contributed by atoms with Crippen molar-refractivity contribution in [1.82, 2.24) is 15.1 Å². The van der Waals surface area contributed by atoms with E-state index in [4.69, 9.17) is 21.4 Å². The van der Waals surface area contributed by atoms with Crippen LogP contribution in [0.4, 0.5) is 0 Å². The molecule has 0 unspecified atom stereocenters. The van der Waals surface area contributed by atoms with Gasteiger partial charge in [0, 0.05) is 17.3 Å². The summed E-state index contributed by atoms with van der Waals surface area (Å²) < 4.78 is 5.20. The van der Waals surface area contributed by atoms with Gasteiger partial charge in [0.2, 0.25) is 5.82 Å². The van der Waals surface area contributed by atoms with E-state index >= 15 is 0 Å². The summed E-state index contributed by atoms with van der Waals surface area (Å²) in [5.41, 5.74) is 1.63. The largest absolute Gasteiger partial charge is 0.334 e. The SMILES string of the molecule is N#Cc1cc(-c2nc(-c3ccccc3Cl)no2)ccn1. The maximum Gasteiger partial charge on any atom is 0.258 e. The van der Waals surface area contributed by atoms with Crippen LogP contribution in [0.1, 0.15) is 5.69 Å². The highest BCUT2D eigenvalue weighted by atomic mass is 35.5. The van der Waals surface area contributed by atoms with Crippen LogP contribution in [0.25, 0.3) is 22.8 Å². The summed E-state index contributed by atoms with van der Waals surface area (Å²) in [4.78, 5) is 8.18. The van der Waals surface area contributed by atoms with Gasteiger partial charge in [-0.3, -0.25) is 0 Å². The Bertz CT molecular complexity index is 807. The van der Waals surface area contributed by atoms with Crippen molar-refractivity contribution in [2.45, 2.75) is 0 Å². The second kappa shape index (κ2) is 5.11. The molecule has 5 nitrogen and oxygen atoms in total. The molecule has 2 aromatic heterocycles. The van der Waals surface area contributed by atoms with E-state index in [1.165, 1.54) is 6.20 Å². The molecule has 0 radical (unpaired) electrons. The van der Waals surface area contributed by atoms with Gasteiger partial charge in [0.1, 0.15) is 11.8 Å². The number of nitrogens with zero attached hydrogens (tertiary/aromatic N) is 4. The Kier molecular flexibility index (Phi) is 3.15. The molecule has 0 spiro atoms. The van der Waals surface area contributed by atoms with Gasteiger partial charge in [0.15, 0.2) is 0 Å². The molecule has 3 aromatic rings. The highest BCUT2D eigenvalue weighted by Gasteiger charge is 2.13. The summed E-state index contributed by atoms with van der Waals surface area (Å²) in [7, 11) is 0. The number of hydrogen-bond donors (Lipinski definition) is 0. The third-order valence-corrected chi connectivity index (χ3v) is 2.99. The fourth-order valence-corrected chi connectivity index (χ4v) is 1.94. The maximum absolute atomic E-state index is 8.83. The molecule has 0 aliphatic heterocycles. The van der Waals surface area contributed by atoms with Crippen molar-refractivity contribution in [2.75, 3.05) is 0 Å². The highest BCUT2D eigenvalue weighted by Crippen LogP contribution is 2.27. The lowest BCUT2D eigenvalue weighted by Crippen LogP contribution is -1.85. The van der Waals surface area contributed by atoms with E-state index in [1.807, 2.05) is 24.3 Å². The zero-order valence-electron chi connectivity index (χ0n) is 10.1. The van der Waals surface area contributed by atoms with Crippen LogP contribution in [-0.4, -0.2) is 15.1 Å². The fourth-order valence-electron chi connectivity index (χ4n) is 1.72. The van der Waals surface area contributed by atoms with E-state index in [1.54, 1.807) is 18.2 Å². The highest BCUT2D eigenvalue weighted by molar-refractivity contribution is 6.33. The number of nitriles is 1. The van der Waals surface area contributed by atoms with Crippen LogP contribution >= 0.6 is 11.6 Å². The van der Waals surface area contributed by atoms with E-state index in [2.05, 4.69) is 15.1 Å². The average Bonchev–Trinajstić information content (AvgIpc) is 2.97. The smallest absolute Gasteiger partial charge is 0.258 e. The summed E-state index contributed by atoms with van der Waals surface area (Å²) in [6.45, 7) is 0. The Morgan fingerprint density at radius 1 is 1.20 bits per heavy atom. The van der Waals surface area contributed by atoms with Gasteiger partial charge in [0.25, 0.3) is 5.89 Å². The lowest BCUT2D eigenvalue weighted by Gasteiger charge is -1.96. The molecule has 0 saturated carbocycles. The van der Waals surface area contributed by atoms with Crippen LogP contribution in [0.15, 0.2) is 47.1 Å². The van der Waals surface area contributed by atoms with Crippen LogP contribution in [0.5, 0.6) is 0 Å². The number of hydrogen-bond acceptors (Lipinski definition) is 5. The standard InChI is InChI=1S/C14H7ClN4O/c15-12-4-2-1-3-11(12)13-18-14(20-19-13)9-5-6-17-10(7-9)8-16/h1-7H. The number of aromatic nitrogens is 3. The first-order valence-corrected chi connectivity index (χ1v) is 6.11. The summed E-state index contributed by atoms with van der Waals surface area (Å²) >= 11 is 6.09. The molecule has 6 heteroatoms. The van der Waals surface area contributed by atoms with Crippen molar-refractivity contribution in [1.29, 1.82) is 5.26 Å². The van der Waals surface area contributed by atoms with E-state index in [9.17, 15) is 0 Å². The lowest BCUT2D eigenvalue weighted by atomic mass is 10.2. The van der Waals surface area contributed by atoms with Crippen LogP contribution in [0.2, 0.25) is 5.02 Å². The third-order valence-electron chi connectivity index (χ3n) is 2.66. The van der Waals surface area contributed by atoms with Crippen molar-refractivity contribution in [3.8, 4) is 28.9 Å². The molecule has 0 saturated heterocycles. The first-order valence-electron chi connectivity index (χ1n) is 5.73. The summed E-state index contributed by atoms with van der Waals surface area (Å²) in [6.07, 6.45) is 1.52. The van der Waals surface area contributed by atoms with Crippen LogP contribution in [0.3, 0.4) is 0 Å². The number of pyridine rings is 1. The summed E-state index contributed by atoms with van der Waals surface area (Å²) in [5.74, 6) is 0.722. The van der Waals surface area contributed by atoms with Gasteiger partial charge in [-0.1, -0.05) is 28.9 Å². The minimum absolute atomic E-state index is 0.292. The minimum atomic E-state index is 0.292. The number of rotatable bonds is 2. The normalized spacial score (nSPS) is 10.2. The number of halogens is 1. The van der Waals surface area contributed by atoms with Crippen molar-refractivity contribution < 1.29 is 4.52 Å². The Morgan fingerprint density at radius 2 is 2.05 bits per heavy atom. The Morgan fingerprint density at radius 3 is 2.85 bits per heavy atom. The molecular formula is C14H7ClN4O. The summed E-state index contributed by atoms with van der Waals surface area (Å²) in [6, 6.07) is 12.5. The van der Waals surface area contributed by atoms with Crippen molar-refractivity contribution in [3.63, 3.8) is 0 Å². The second-order valence-corrected chi connectivity index (χ2v) is 4.35. The zero-order valence-corrected chi connectivity index (χ0v) is 10.9. The predicted molar refractivity (Wildman–Crippen MR) is 72.7 cm³/mol. The molecule has 0 aliphatic rings. The van der Waals surface area contributed by atoms with Gasteiger partial charge in [0.05, 0.1) is 5.02 Å². The minimum Gasteiger partial charge on any atom is -0.334 e. The zero-order chi connectivity index (χ0) is 13.9. The fraction of sp³-hybridized carbons (Fsp3) is 0. The number of benzene rings is 1. The molecular weight excluding hydrogens is 276 g/mol.